The Kier molecular flexibility index (Phi) is 5.57. The molecule has 0 aliphatic carbocycles. The molecule has 1 N–H and O–H groups in total. The van der Waals surface area contributed by atoms with Crippen molar-refractivity contribution in [1.82, 2.24) is 0 Å². The third-order valence-electron chi connectivity index (χ3n) is 4.51. The van der Waals surface area contributed by atoms with E-state index in [2.05, 4.69) is 36.6 Å². The number of nitrogens with one attached hydrogen (secondary N) is 1. The molecule has 152 valence electrons. The van der Waals surface area contributed by atoms with Crippen molar-refractivity contribution in [3.05, 3.63) is 81.2 Å². The number of benzene rings is 3. The number of Topliss-reactive ketones (excluding diaryl/α,β-unsaturated/α-hetero) is 1. The first-order chi connectivity index (χ1) is 14.3. The Balaban J connectivity index is 1.84. The molecule has 0 fully saturated rings. The van der Waals surface area contributed by atoms with Gasteiger partial charge in [0.25, 0.3) is 10.0 Å². The van der Waals surface area contributed by atoms with E-state index in [1.165, 1.54) is 19.1 Å². The topological polar surface area (TPSA) is 76.4 Å². The van der Waals surface area contributed by atoms with E-state index in [1.54, 1.807) is 24.3 Å². The number of carbonyl (C=O) groups is 1. The van der Waals surface area contributed by atoms with Crippen molar-refractivity contribution in [1.29, 1.82) is 0 Å². The van der Waals surface area contributed by atoms with Crippen molar-refractivity contribution in [2.24, 2.45) is 0 Å². The fourth-order valence-corrected chi connectivity index (χ4v) is 5.03. The van der Waals surface area contributed by atoms with Crippen LogP contribution in [-0.4, -0.2) is 14.2 Å². The first-order valence-corrected chi connectivity index (χ1v) is 11.9. The molecule has 30 heavy (non-hydrogen) atoms. The normalized spacial score (nSPS) is 11.6. The number of hydrogen-bond donors (Lipinski definition) is 1. The first-order valence-electron chi connectivity index (χ1n) is 8.87. The van der Waals surface area contributed by atoms with Crippen molar-refractivity contribution in [3.63, 3.8) is 0 Å². The summed E-state index contributed by atoms with van der Waals surface area (Å²) in [6.07, 6.45) is 0. The molecule has 0 spiro atoms. The van der Waals surface area contributed by atoms with Crippen molar-refractivity contribution in [3.8, 4) is 11.3 Å². The largest absolute Gasteiger partial charge is 0.454 e. The fraction of sp³-hybridized carbons (Fsp3) is 0.0455. The van der Waals surface area contributed by atoms with Crippen LogP contribution in [0.4, 0.5) is 5.69 Å². The van der Waals surface area contributed by atoms with Crippen LogP contribution < -0.4 is 4.72 Å². The van der Waals surface area contributed by atoms with Gasteiger partial charge in [-0.2, -0.15) is 0 Å². The van der Waals surface area contributed by atoms with E-state index in [0.717, 1.165) is 10.0 Å². The highest BCUT2D eigenvalue weighted by molar-refractivity contribution is 9.11. The van der Waals surface area contributed by atoms with E-state index in [-0.39, 0.29) is 10.7 Å². The van der Waals surface area contributed by atoms with Gasteiger partial charge in [-0.3, -0.25) is 9.52 Å². The maximum absolute atomic E-state index is 12.8. The van der Waals surface area contributed by atoms with Crippen LogP contribution in [0.25, 0.3) is 22.3 Å². The molecule has 4 rings (SSSR count). The third kappa shape index (κ3) is 3.95. The summed E-state index contributed by atoms with van der Waals surface area (Å²) in [4.78, 5) is 12.6. The number of rotatable bonds is 5. The fourth-order valence-electron chi connectivity index (χ4n) is 3.19. The number of fused-ring (bicyclic) bond motifs is 1. The smallest absolute Gasteiger partial charge is 0.261 e. The summed E-state index contributed by atoms with van der Waals surface area (Å²) >= 11 is 6.74. The molecule has 0 saturated heterocycles. The molecule has 0 aliphatic rings. The molecule has 0 bridgehead atoms. The average Bonchev–Trinajstić information content (AvgIpc) is 3.09. The number of hydrogen-bond acceptors (Lipinski definition) is 4. The molecule has 0 amide bonds. The minimum absolute atomic E-state index is 0.130. The molecule has 0 unspecified atom stereocenters. The number of carbonyl (C=O) groups excluding carboxylic acids is 1. The lowest BCUT2D eigenvalue weighted by Gasteiger charge is -2.09. The Morgan fingerprint density at radius 2 is 1.63 bits per heavy atom. The van der Waals surface area contributed by atoms with Crippen molar-refractivity contribution < 1.29 is 17.6 Å². The van der Waals surface area contributed by atoms with E-state index < -0.39 is 10.0 Å². The minimum atomic E-state index is -3.80. The average molecular weight is 549 g/mol. The molecule has 1 heterocycles. The van der Waals surface area contributed by atoms with E-state index in [0.29, 0.717) is 32.5 Å². The zero-order chi connectivity index (χ0) is 21.5. The molecular weight excluding hydrogens is 534 g/mol. The highest BCUT2D eigenvalue weighted by Gasteiger charge is 2.23. The second-order valence-corrected chi connectivity index (χ2v) is 10.1. The first kappa shape index (κ1) is 20.8. The standard InChI is InChI=1S/C22H15Br2NO4S/c1-13(26)20-18-11-16(25-30(27,28)17-9-7-15(23)8-10-17)12-19(24)22(18)29-21(20)14-5-3-2-4-6-14/h2-12,25H,1H3. The second-order valence-electron chi connectivity index (χ2n) is 6.62. The number of ketones is 1. The minimum Gasteiger partial charge on any atom is -0.454 e. The molecule has 0 aliphatic heterocycles. The molecule has 3 aromatic carbocycles. The summed E-state index contributed by atoms with van der Waals surface area (Å²) in [5.41, 5.74) is 1.97. The van der Waals surface area contributed by atoms with Crippen LogP contribution in [0.1, 0.15) is 17.3 Å². The third-order valence-corrected chi connectivity index (χ3v) is 7.02. The lowest BCUT2D eigenvalue weighted by atomic mass is 10.0. The van der Waals surface area contributed by atoms with Gasteiger partial charge in [0, 0.05) is 15.4 Å². The lowest BCUT2D eigenvalue weighted by Crippen LogP contribution is -2.12. The van der Waals surface area contributed by atoms with Gasteiger partial charge in [-0.05, 0) is 59.3 Å². The lowest BCUT2D eigenvalue weighted by molar-refractivity contribution is 0.101. The Morgan fingerprint density at radius 1 is 0.967 bits per heavy atom. The zero-order valence-corrected chi connectivity index (χ0v) is 19.6. The van der Waals surface area contributed by atoms with Crippen LogP contribution in [0.3, 0.4) is 0 Å². The quantitative estimate of drug-likeness (QED) is 0.284. The van der Waals surface area contributed by atoms with Gasteiger partial charge in [0.1, 0.15) is 11.3 Å². The zero-order valence-electron chi connectivity index (χ0n) is 15.6. The Labute approximate surface area is 190 Å². The molecule has 4 aromatic rings. The van der Waals surface area contributed by atoms with Gasteiger partial charge >= 0.3 is 0 Å². The van der Waals surface area contributed by atoms with Gasteiger partial charge < -0.3 is 4.42 Å². The number of anilines is 1. The van der Waals surface area contributed by atoms with E-state index >= 15 is 0 Å². The van der Waals surface area contributed by atoms with Crippen LogP contribution >= 0.6 is 31.9 Å². The Bertz CT molecular complexity index is 1360. The van der Waals surface area contributed by atoms with E-state index in [1.807, 2.05) is 30.3 Å². The molecule has 0 saturated carbocycles. The predicted molar refractivity (Wildman–Crippen MR) is 124 cm³/mol. The molecule has 8 heteroatoms. The summed E-state index contributed by atoms with van der Waals surface area (Å²) in [5, 5.41) is 0.532. The number of sulfonamides is 1. The maximum Gasteiger partial charge on any atom is 0.261 e. The number of halogens is 2. The van der Waals surface area contributed by atoms with Gasteiger partial charge in [0.15, 0.2) is 5.78 Å². The van der Waals surface area contributed by atoms with Gasteiger partial charge in [-0.25, -0.2) is 8.42 Å². The van der Waals surface area contributed by atoms with Crippen LogP contribution in [0.15, 0.2) is 85.0 Å². The summed E-state index contributed by atoms with van der Waals surface area (Å²) in [6.45, 7) is 1.46. The molecule has 1 aromatic heterocycles. The van der Waals surface area contributed by atoms with Crippen LogP contribution in [0.2, 0.25) is 0 Å². The van der Waals surface area contributed by atoms with Crippen molar-refractivity contribution >= 4 is 64.3 Å². The van der Waals surface area contributed by atoms with Gasteiger partial charge in [-0.15, -0.1) is 0 Å². The Hall–Kier alpha value is -2.42. The van der Waals surface area contributed by atoms with Gasteiger partial charge in [0.2, 0.25) is 0 Å². The van der Waals surface area contributed by atoms with E-state index in [4.69, 9.17) is 4.42 Å². The summed E-state index contributed by atoms with van der Waals surface area (Å²) in [6, 6.07) is 18.9. The monoisotopic (exact) mass is 547 g/mol. The highest BCUT2D eigenvalue weighted by Crippen LogP contribution is 2.39. The van der Waals surface area contributed by atoms with Crippen LogP contribution in [0.5, 0.6) is 0 Å². The maximum atomic E-state index is 12.8. The predicted octanol–water partition coefficient (Wildman–Crippen LogP) is 6.63. The Morgan fingerprint density at radius 3 is 2.27 bits per heavy atom. The molecule has 0 radical (unpaired) electrons. The number of furan rings is 1. The highest BCUT2D eigenvalue weighted by atomic mass is 79.9. The van der Waals surface area contributed by atoms with E-state index in [9.17, 15) is 13.2 Å². The molecule has 0 atom stereocenters. The summed E-state index contributed by atoms with van der Waals surface area (Å²) in [5.74, 6) is 0.277. The van der Waals surface area contributed by atoms with Crippen molar-refractivity contribution in [2.45, 2.75) is 11.8 Å². The van der Waals surface area contributed by atoms with Crippen LogP contribution in [-0.2, 0) is 10.0 Å². The van der Waals surface area contributed by atoms with Gasteiger partial charge in [0.05, 0.1) is 20.6 Å². The molecular formula is C22H15Br2NO4S. The second kappa shape index (κ2) is 8.02. The van der Waals surface area contributed by atoms with Crippen LogP contribution in [0, 0.1) is 0 Å². The van der Waals surface area contributed by atoms with Gasteiger partial charge in [-0.1, -0.05) is 46.3 Å². The summed E-state index contributed by atoms with van der Waals surface area (Å²) < 4.78 is 35.5. The summed E-state index contributed by atoms with van der Waals surface area (Å²) in [7, 11) is -3.80. The molecule has 5 nitrogen and oxygen atoms in total. The van der Waals surface area contributed by atoms with Crippen molar-refractivity contribution in [2.75, 3.05) is 4.72 Å². The SMILES string of the molecule is CC(=O)c1c(-c2ccccc2)oc2c(Br)cc(NS(=O)(=O)c3ccc(Br)cc3)cc12.